The first-order valence-corrected chi connectivity index (χ1v) is 8.03. The first-order valence-electron chi connectivity index (χ1n) is 8.03. The lowest BCUT2D eigenvalue weighted by molar-refractivity contribution is -0.149. The third-order valence-electron chi connectivity index (χ3n) is 5.24. The van der Waals surface area contributed by atoms with Crippen molar-refractivity contribution < 1.29 is 14.7 Å². The first kappa shape index (κ1) is 15.1. The average Bonchev–Trinajstić information content (AvgIpc) is 3.27. The highest BCUT2D eigenvalue weighted by molar-refractivity contribution is 5.91. The molecule has 1 N–H and O–H groups in total. The van der Waals surface area contributed by atoms with Crippen LogP contribution < -0.4 is 0 Å². The summed E-state index contributed by atoms with van der Waals surface area (Å²) in [5, 5.41) is 9.21. The summed E-state index contributed by atoms with van der Waals surface area (Å²) in [6.07, 6.45) is 2.37. The summed E-state index contributed by atoms with van der Waals surface area (Å²) in [5.41, 5.74) is 1.95. The molecule has 1 aromatic carbocycles. The Morgan fingerprint density at radius 1 is 1.32 bits per heavy atom. The molecule has 0 radical (unpaired) electrons. The Hall–Kier alpha value is -1.84. The number of piperidine rings is 1. The van der Waals surface area contributed by atoms with E-state index in [9.17, 15) is 14.7 Å². The normalized spacial score (nSPS) is 26.5. The summed E-state index contributed by atoms with van der Waals surface area (Å²) < 4.78 is 0. The lowest BCUT2D eigenvalue weighted by Gasteiger charge is -2.37. The summed E-state index contributed by atoms with van der Waals surface area (Å²) in [5.74, 6) is -0.852. The number of carbonyl (C=O) groups is 2. The lowest BCUT2D eigenvalue weighted by Crippen LogP contribution is -2.48. The van der Waals surface area contributed by atoms with Crippen LogP contribution in [0.4, 0.5) is 0 Å². The van der Waals surface area contributed by atoms with Crippen molar-refractivity contribution in [2.45, 2.75) is 38.5 Å². The van der Waals surface area contributed by atoms with Crippen LogP contribution in [0.25, 0.3) is 0 Å². The fraction of sp³-hybridized carbons (Fsp3) is 0.556. The number of carboxylic acid groups (broad SMARTS) is 1. The van der Waals surface area contributed by atoms with Gasteiger partial charge in [0.2, 0.25) is 5.91 Å². The molecule has 1 amide bonds. The first-order chi connectivity index (χ1) is 10.4. The third-order valence-corrected chi connectivity index (χ3v) is 5.24. The highest BCUT2D eigenvalue weighted by atomic mass is 16.4. The Bertz CT molecular complexity index is 606. The number of nitrogens with zero attached hydrogens (tertiary/aromatic N) is 1. The zero-order valence-electron chi connectivity index (χ0n) is 13.2. The number of hydrogen-bond acceptors (Lipinski definition) is 2. The van der Waals surface area contributed by atoms with Crippen molar-refractivity contribution in [3.8, 4) is 0 Å². The number of rotatable bonds is 3. The molecule has 2 atom stereocenters. The predicted octanol–water partition coefficient (Wildman–Crippen LogP) is 2.60. The van der Waals surface area contributed by atoms with E-state index >= 15 is 0 Å². The van der Waals surface area contributed by atoms with Crippen molar-refractivity contribution in [3.05, 3.63) is 35.4 Å². The Kier molecular flexibility index (Phi) is 3.71. The van der Waals surface area contributed by atoms with Crippen LogP contribution in [0.1, 0.15) is 37.3 Å². The Balaban J connectivity index is 1.76. The number of benzene rings is 1. The molecular formula is C18H23NO3. The molecule has 0 spiro atoms. The van der Waals surface area contributed by atoms with Gasteiger partial charge < -0.3 is 10.0 Å². The average molecular weight is 301 g/mol. The van der Waals surface area contributed by atoms with E-state index in [-0.39, 0.29) is 23.2 Å². The molecule has 1 aliphatic heterocycles. The number of aryl methyl sites for hydroxylation is 1. The fourth-order valence-corrected chi connectivity index (χ4v) is 3.69. The van der Waals surface area contributed by atoms with E-state index in [1.807, 2.05) is 36.9 Å². The molecule has 0 aromatic heterocycles. The van der Waals surface area contributed by atoms with E-state index in [0.717, 1.165) is 18.4 Å². The maximum absolute atomic E-state index is 13.0. The van der Waals surface area contributed by atoms with E-state index in [0.29, 0.717) is 19.5 Å². The van der Waals surface area contributed by atoms with Crippen LogP contribution in [0.3, 0.4) is 0 Å². The van der Waals surface area contributed by atoms with Crippen LogP contribution in [0, 0.1) is 18.8 Å². The number of carboxylic acids is 1. The predicted molar refractivity (Wildman–Crippen MR) is 83.6 cm³/mol. The SMILES string of the molecule is Cc1cccc(C2(C(=O)N3CCC(C(=O)O)C(C)C3)CC2)c1. The smallest absolute Gasteiger partial charge is 0.306 e. The second-order valence-electron chi connectivity index (χ2n) is 6.91. The minimum absolute atomic E-state index is 0.0171. The minimum Gasteiger partial charge on any atom is -0.481 e. The van der Waals surface area contributed by atoms with Gasteiger partial charge >= 0.3 is 5.97 Å². The van der Waals surface area contributed by atoms with E-state index in [1.165, 1.54) is 5.56 Å². The van der Waals surface area contributed by atoms with Crippen molar-refractivity contribution in [1.82, 2.24) is 4.90 Å². The van der Waals surface area contributed by atoms with Crippen molar-refractivity contribution in [2.75, 3.05) is 13.1 Å². The molecule has 4 heteroatoms. The molecule has 2 unspecified atom stereocenters. The molecule has 1 saturated carbocycles. The molecule has 1 saturated heterocycles. The number of amides is 1. The van der Waals surface area contributed by atoms with Crippen LogP contribution in [0.5, 0.6) is 0 Å². The molecule has 118 valence electrons. The standard InChI is InChI=1S/C18H23NO3/c1-12-4-3-5-14(10-12)18(7-8-18)17(22)19-9-6-15(16(20)21)13(2)11-19/h3-5,10,13,15H,6-9,11H2,1-2H3,(H,20,21). The fourth-order valence-electron chi connectivity index (χ4n) is 3.69. The van der Waals surface area contributed by atoms with Gasteiger partial charge in [0.1, 0.15) is 0 Å². The van der Waals surface area contributed by atoms with Gasteiger partial charge in [-0.15, -0.1) is 0 Å². The second kappa shape index (κ2) is 5.41. The summed E-state index contributed by atoms with van der Waals surface area (Å²) >= 11 is 0. The molecule has 1 aromatic rings. The molecule has 1 heterocycles. The highest BCUT2D eigenvalue weighted by Crippen LogP contribution is 2.50. The van der Waals surface area contributed by atoms with Gasteiger partial charge in [-0.3, -0.25) is 9.59 Å². The number of aliphatic carboxylic acids is 1. The van der Waals surface area contributed by atoms with E-state index < -0.39 is 5.97 Å². The second-order valence-corrected chi connectivity index (χ2v) is 6.91. The van der Waals surface area contributed by atoms with Crippen molar-refractivity contribution in [2.24, 2.45) is 11.8 Å². The van der Waals surface area contributed by atoms with E-state index in [1.54, 1.807) is 0 Å². The van der Waals surface area contributed by atoms with E-state index in [4.69, 9.17) is 0 Å². The summed E-state index contributed by atoms with van der Waals surface area (Å²) in [6.45, 7) is 5.10. The topological polar surface area (TPSA) is 57.6 Å². The van der Waals surface area contributed by atoms with Gasteiger partial charge in [-0.1, -0.05) is 36.8 Å². The van der Waals surface area contributed by atoms with Gasteiger partial charge in [-0.05, 0) is 37.7 Å². The molecule has 0 bridgehead atoms. The molecule has 1 aliphatic carbocycles. The number of carbonyl (C=O) groups excluding carboxylic acids is 1. The van der Waals surface area contributed by atoms with Crippen LogP contribution in [0.15, 0.2) is 24.3 Å². The molecule has 2 aliphatic rings. The maximum atomic E-state index is 13.0. The van der Waals surface area contributed by atoms with Crippen LogP contribution in [-0.2, 0) is 15.0 Å². The molecule has 4 nitrogen and oxygen atoms in total. The lowest BCUT2D eigenvalue weighted by atomic mass is 9.85. The summed E-state index contributed by atoms with van der Waals surface area (Å²) in [6, 6.07) is 8.21. The van der Waals surface area contributed by atoms with Crippen molar-refractivity contribution in [1.29, 1.82) is 0 Å². The molecule has 22 heavy (non-hydrogen) atoms. The van der Waals surface area contributed by atoms with Gasteiger partial charge in [0.15, 0.2) is 0 Å². The monoisotopic (exact) mass is 301 g/mol. The van der Waals surface area contributed by atoms with Crippen LogP contribution in [-0.4, -0.2) is 35.0 Å². The Morgan fingerprint density at radius 3 is 2.59 bits per heavy atom. The van der Waals surface area contributed by atoms with Gasteiger partial charge in [-0.2, -0.15) is 0 Å². The van der Waals surface area contributed by atoms with Crippen LogP contribution >= 0.6 is 0 Å². The zero-order valence-corrected chi connectivity index (χ0v) is 13.2. The van der Waals surface area contributed by atoms with Crippen molar-refractivity contribution in [3.63, 3.8) is 0 Å². The van der Waals surface area contributed by atoms with Gasteiger partial charge in [0.05, 0.1) is 11.3 Å². The molecule has 2 fully saturated rings. The number of hydrogen-bond donors (Lipinski definition) is 1. The zero-order chi connectivity index (χ0) is 15.9. The maximum Gasteiger partial charge on any atom is 0.306 e. The number of likely N-dealkylation sites (tertiary alicyclic amines) is 1. The van der Waals surface area contributed by atoms with Crippen molar-refractivity contribution >= 4 is 11.9 Å². The highest BCUT2D eigenvalue weighted by Gasteiger charge is 2.53. The third kappa shape index (κ3) is 2.51. The Morgan fingerprint density at radius 2 is 2.05 bits per heavy atom. The quantitative estimate of drug-likeness (QED) is 0.933. The summed E-state index contributed by atoms with van der Waals surface area (Å²) in [4.78, 5) is 26.1. The van der Waals surface area contributed by atoms with Gasteiger partial charge in [0.25, 0.3) is 0 Å². The minimum atomic E-state index is -0.737. The van der Waals surface area contributed by atoms with Gasteiger partial charge in [0, 0.05) is 13.1 Å². The van der Waals surface area contributed by atoms with Gasteiger partial charge in [-0.25, -0.2) is 0 Å². The van der Waals surface area contributed by atoms with Crippen LogP contribution in [0.2, 0.25) is 0 Å². The largest absolute Gasteiger partial charge is 0.481 e. The molecular weight excluding hydrogens is 278 g/mol. The Labute approximate surface area is 131 Å². The molecule has 3 rings (SSSR count). The summed E-state index contributed by atoms with van der Waals surface area (Å²) in [7, 11) is 0. The van der Waals surface area contributed by atoms with E-state index in [2.05, 4.69) is 6.07 Å².